The number of hydrogen-bond acceptors (Lipinski definition) is 6. The fourth-order valence-electron chi connectivity index (χ4n) is 4.36. The van der Waals surface area contributed by atoms with Crippen LogP contribution < -0.4 is 9.47 Å². The molecular formula is C29H26N2O5S. The second kappa shape index (κ2) is 10.9. The smallest absolute Gasteiger partial charge is 0.294 e. The number of nitrogens with zero attached hydrogens (tertiary/aromatic N) is 2. The van der Waals surface area contributed by atoms with Gasteiger partial charge in [-0.25, -0.2) is 0 Å². The Kier molecular flexibility index (Phi) is 7.28. The molecule has 0 saturated carbocycles. The first-order chi connectivity index (χ1) is 18.0. The first-order valence-electron chi connectivity index (χ1n) is 12.0. The lowest BCUT2D eigenvalue weighted by Crippen LogP contribution is -2.44. The van der Waals surface area contributed by atoms with Gasteiger partial charge in [-0.05, 0) is 58.6 Å². The molecule has 2 aliphatic rings. The van der Waals surface area contributed by atoms with Crippen LogP contribution in [-0.2, 0) is 29.2 Å². The summed E-state index contributed by atoms with van der Waals surface area (Å²) < 4.78 is 11.4. The normalized spacial score (nSPS) is 16.2. The molecule has 7 nitrogen and oxygen atoms in total. The van der Waals surface area contributed by atoms with E-state index in [9.17, 15) is 14.4 Å². The van der Waals surface area contributed by atoms with Gasteiger partial charge in [0.1, 0.15) is 13.2 Å². The zero-order chi connectivity index (χ0) is 25.8. The lowest BCUT2D eigenvalue weighted by atomic mass is 10.00. The molecule has 0 spiro atoms. The van der Waals surface area contributed by atoms with Crippen LogP contribution >= 0.6 is 11.8 Å². The molecule has 0 radical (unpaired) electrons. The molecule has 3 aromatic rings. The third kappa shape index (κ3) is 5.54. The third-order valence-corrected chi connectivity index (χ3v) is 7.28. The Balaban J connectivity index is 1.27. The van der Waals surface area contributed by atoms with Crippen molar-refractivity contribution < 1.29 is 23.9 Å². The average Bonchev–Trinajstić information content (AvgIpc) is 3.19. The minimum Gasteiger partial charge on any atom is -0.493 e. The van der Waals surface area contributed by atoms with Crippen molar-refractivity contribution in [2.24, 2.45) is 0 Å². The van der Waals surface area contributed by atoms with Gasteiger partial charge in [0.2, 0.25) is 5.91 Å². The lowest BCUT2D eigenvalue weighted by Gasteiger charge is -2.29. The van der Waals surface area contributed by atoms with Crippen LogP contribution in [0.5, 0.6) is 11.5 Å². The second-order valence-corrected chi connectivity index (χ2v) is 9.78. The Bertz CT molecular complexity index is 1370. The Morgan fingerprint density at radius 3 is 2.51 bits per heavy atom. The number of fused-ring (bicyclic) bond motifs is 1. The first-order valence-corrected chi connectivity index (χ1v) is 12.8. The van der Waals surface area contributed by atoms with E-state index in [-0.39, 0.29) is 17.4 Å². The van der Waals surface area contributed by atoms with E-state index in [1.807, 2.05) is 48.5 Å². The van der Waals surface area contributed by atoms with Crippen LogP contribution in [0.2, 0.25) is 0 Å². The predicted molar refractivity (Wildman–Crippen MR) is 142 cm³/mol. The average molecular weight is 515 g/mol. The highest BCUT2D eigenvalue weighted by molar-refractivity contribution is 8.18. The van der Waals surface area contributed by atoms with Crippen LogP contribution in [0.1, 0.15) is 22.3 Å². The minimum absolute atomic E-state index is 0.237. The van der Waals surface area contributed by atoms with Crippen molar-refractivity contribution >= 4 is 34.9 Å². The monoisotopic (exact) mass is 514 g/mol. The Morgan fingerprint density at radius 1 is 0.973 bits per heavy atom. The van der Waals surface area contributed by atoms with Gasteiger partial charge in [-0.2, -0.15) is 0 Å². The fraction of sp³-hybridized carbons (Fsp3) is 0.207. The van der Waals surface area contributed by atoms with Crippen molar-refractivity contribution in [3.8, 4) is 11.5 Å². The molecule has 5 rings (SSSR count). The van der Waals surface area contributed by atoms with E-state index in [4.69, 9.17) is 9.47 Å². The Morgan fingerprint density at radius 2 is 1.73 bits per heavy atom. The summed E-state index contributed by atoms with van der Waals surface area (Å²) in [5, 5.41) is -0.448. The number of methoxy groups -OCH3 is 1. The molecule has 0 bridgehead atoms. The summed E-state index contributed by atoms with van der Waals surface area (Å²) in [6, 6.07) is 23.1. The number of carbonyl (C=O) groups excluding carboxylic acids is 3. The zero-order valence-electron chi connectivity index (χ0n) is 20.4. The summed E-state index contributed by atoms with van der Waals surface area (Å²) in [5.74, 6) is 0.386. The van der Waals surface area contributed by atoms with Crippen LogP contribution in [0.4, 0.5) is 4.79 Å². The molecule has 8 heteroatoms. The van der Waals surface area contributed by atoms with E-state index in [1.54, 1.807) is 36.3 Å². The molecule has 188 valence electrons. The van der Waals surface area contributed by atoms with E-state index >= 15 is 0 Å². The van der Waals surface area contributed by atoms with Crippen molar-refractivity contribution in [1.29, 1.82) is 0 Å². The van der Waals surface area contributed by atoms with Crippen LogP contribution in [0, 0.1) is 0 Å². The van der Waals surface area contributed by atoms with Gasteiger partial charge >= 0.3 is 0 Å². The molecule has 2 heterocycles. The van der Waals surface area contributed by atoms with Gasteiger partial charge in [-0.15, -0.1) is 0 Å². The molecule has 1 saturated heterocycles. The lowest BCUT2D eigenvalue weighted by molar-refractivity contribution is -0.136. The van der Waals surface area contributed by atoms with Crippen molar-refractivity contribution in [3.05, 3.63) is 100.0 Å². The van der Waals surface area contributed by atoms with E-state index in [2.05, 4.69) is 6.07 Å². The molecule has 2 aliphatic heterocycles. The standard InChI is InChI=1S/C29H26N2O5S/c1-35-24-12-11-21(15-25(24)36-19-20-7-3-2-4-8-20)16-26-28(33)31(29(34)37-26)18-27(32)30-14-13-22-9-5-6-10-23(22)17-30/h2-12,15-16H,13-14,17-19H2,1H3/b26-16-. The fourth-order valence-corrected chi connectivity index (χ4v) is 5.20. The molecule has 0 N–H and O–H groups in total. The summed E-state index contributed by atoms with van der Waals surface area (Å²) in [6.07, 6.45) is 2.40. The number of rotatable bonds is 7. The molecule has 0 aromatic heterocycles. The maximum absolute atomic E-state index is 13.0. The molecule has 37 heavy (non-hydrogen) atoms. The highest BCUT2D eigenvalue weighted by atomic mass is 32.2. The number of thioether (sulfide) groups is 1. The number of benzene rings is 3. The van der Waals surface area contributed by atoms with Gasteiger partial charge < -0.3 is 14.4 Å². The highest BCUT2D eigenvalue weighted by Gasteiger charge is 2.37. The summed E-state index contributed by atoms with van der Waals surface area (Å²) >= 11 is 0.836. The quantitative estimate of drug-likeness (QED) is 0.418. The summed E-state index contributed by atoms with van der Waals surface area (Å²) in [4.78, 5) is 41.6. The molecule has 0 unspecified atom stereocenters. The Hall–Kier alpha value is -4.04. The second-order valence-electron chi connectivity index (χ2n) is 8.79. The SMILES string of the molecule is COc1ccc(/C=C2\SC(=O)N(CC(=O)N3CCc4ccccc4C3)C2=O)cc1OCc1ccccc1. The van der Waals surface area contributed by atoms with Gasteiger partial charge in [0, 0.05) is 13.1 Å². The Labute approximate surface area is 219 Å². The summed E-state index contributed by atoms with van der Waals surface area (Å²) in [6.45, 7) is 1.15. The van der Waals surface area contributed by atoms with E-state index in [1.165, 1.54) is 5.56 Å². The maximum Gasteiger partial charge on any atom is 0.294 e. The van der Waals surface area contributed by atoms with Crippen LogP contribution in [0.15, 0.2) is 77.7 Å². The largest absolute Gasteiger partial charge is 0.493 e. The van der Waals surface area contributed by atoms with E-state index in [0.717, 1.165) is 34.2 Å². The highest BCUT2D eigenvalue weighted by Crippen LogP contribution is 2.35. The number of amides is 3. The first kappa shape index (κ1) is 24.6. The topological polar surface area (TPSA) is 76.2 Å². The van der Waals surface area contributed by atoms with Gasteiger partial charge in [-0.3, -0.25) is 19.3 Å². The third-order valence-electron chi connectivity index (χ3n) is 6.37. The van der Waals surface area contributed by atoms with Crippen molar-refractivity contribution in [3.63, 3.8) is 0 Å². The predicted octanol–water partition coefficient (Wildman–Crippen LogP) is 4.90. The number of ether oxygens (including phenoxy) is 2. The van der Waals surface area contributed by atoms with Gasteiger partial charge in [0.15, 0.2) is 11.5 Å². The van der Waals surface area contributed by atoms with Gasteiger partial charge in [0.05, 0.1) is 12.0 Å². The van der Waals surface area contributed by atoms with Gasteiger partial charge in [0.25, 0.3) is 11.1 Å². The molecule has 3 amide bonds. The van der Waals surface area contributed by atoms with E-state index in [0.29, 0.717) is 36.8 Å². The number of imide groups is 1. The number of hydrogen-bond donors (Lipinski definition) is 0. The summed E-state index contributed by atoms with van der Waals surface area (Å²) in [7, 11) is 1.56. The molecular weight excluding hydrogens is 488 g/mol. The van der Waals surface area contributed by atoms with Crippen molar-refractivity contribution in [2.75, 3.05) is 20.2 Å². The van der Waals surface area contributed by atoms with Crippen molar-refractivity contribution in [2.45, 2.75) is 19.6 Å². The van der Waals surface area contributed by atoms with Crippen LogP contribution in [0.25, 0.3) is 6.08 Å². The molecule has 3 aromatic carbocycles. The van der Waals surface area contributed by atoms with Crippen molar-refractivity contribution in [1.82, 2.24) is 9.80 Å². The van der Waals surface area contributed by atoms with Crippen LogP contribution in [0.3, 0.4) is 0 Å². The zero-order valence-corrected chi connectivity index (χ0v) is 21.2. The molecule has 0 atom stereocenters. The summed E-state index contributed by atoms with van der Waals surface area (Å²) in [5.41, 5.74) is 4.03. The van der Waals surface area contributed by atoms with E-state index < -0.39 is 11.1 Å². The number of carbonyl (C=O) groups is 3. The maximum atomic E-state index is 13.0. The molecule has 1 fully saturated rings. The van der Waals surface area contributed by atoms with Gasteiger partial charge in [-0.1, -0.05) is 60.7 Å². The minimum atomic E-state index is -0.469. The molecule has 0 aliphatic carbocycles. The van der Waals surface area contributed by atoms with Crippen LogP contribution in [-0.4, -0.2) is 47.1 Å².